The summed E-state index contributed by atoms with van der Waals surface area (Å²) in [7, 11) is 0. The molecule has 3 nitrogen and oxygen atoms in total. The van der Waals surface area contributed by atoms with Crippen LogP contribution in [-0.2, 0) is 6.42 Å². The van der Waals surface area contributed by atoms with Crippen LogP contribution in [0.5, 0.6) is 0 Å². The molecule has 3 rings (SSSR count). The first-order chi connectivity index (χ1) is 9.44. The fraction of sp³-hybridized carbons (Fsp3) is 0.562. The minimum Gasteiger partial charge on any atom is -0.325 e. The van der Waals surface area contributed by atoms with Gasteiger partial charge in [-0.05, 0) is 51.8 Å². The molecule has 1 fully saturated rings. The number of nitrogens with zero attached hydrogens (tertiary/aromatic N) is 2. The molecule has 1 aliphatic rings. The molecule has 2 aromatic rings. The van der Waals surface area contributed by atoms with Gasteiger partial charge < -0.3 is 9.88 Å². The van der Waals surface area contributed by atoms with Gasteiger partial charge in [0.2, 0.25) is 0 Å². The zero-order valence-corrected chi connectivity index (χ0v) is 13.2. The van der Waals surface area contributed by atoms with Gasteiger partial charge in [0.05, 0.1) is 11.0 Å². The van der Waals surface area contributed by atoms with E-state index in [-0.39, 0.29) is 5.54 Å². The van der Waals surface area contributed by atoms with Crippen molar-refractivity contribution in [2.24, 2.45) is 0 Å². The van der Waals surface area contributed by atoms with Crippen molar-refractivity contribution < 1.29 is 0 Å². The highest BCUT2D eigenvalue weighted by Crippen LogP contribution is 2.39. The lowest BCUT2D eigenvalue weighted by molar-refractivity contribution is 0.425. The van der Waals surface area contributed by atoms with Crippen LogP contribution in [0.15, 0.2) is 18.2 Å². The molecule has 1 aliphatic carbocycles. The minimum absolute atomic E-state index is 0.153. The van der Waals surface area contributed by atoms with Gasteiger partial charge in [0.1, 0.15) is 5.82 Å². The highest BCUT2D eigenvalue weighted by molar-refractivity contribution is 6.31. The van der Waals surface area contributed by atoms with Crippen LogP contribution in [0.2, 0.25) is 5.02 Å². The van der Waals surface area contributed by atoms with E-state index in [2.05, 4.69) is 30.7 Å². The van der Waals surface area contributed by atoms with Gasteiger partial charge in [-0.3, -0.25) is 0 Å². The van der Waals surface area contributed by atoms with Crippen LogP contribution in [0.3, 0.4) is 0 Å². The fourth-order valence-electron chi connectivity index (χ4n) is 2.58. The Kier molecular flexibility index (Phi) is 3.51. The third-order valence-corrected chi connectivity index (χ3v) is 3.88. The Morgan fingerprint density at radius 2 is 2.10 bits per heavy atom. The minimum atomic E-state index is 0.153. The van der Waals surface area contributed by atoms with Gasteiger partial charge >= 0.3 is 0 Å². The maximum absolute atomic E-state index is 6.14. The van der Waals surface area contributed by atoms with Crippen molar-refractivity contribution in [1.29, 1.82) is 0 Å². The molecule has 0 unspecified atom stereocenters. The first kappa shape index (κ1) is 13.9. The SMILES string of the molecule is CC(C)(C)NCCc1nc2ccc(Cl)cc2n1C1CC1. The van der Waals surface area contributed by atoms with Crippen molar-refractivity contribution >= 4 is 22.6 Å². The molecule has 1 aromatic heterocycles. The second kappa shape index (κ2) is 5.05. The van der Waals surface area contributed by atoms with Gasteiger partial charge in [0.15, 0.2) is 0 Å². The molecule has 0 radical (unpaired) electrons. The van der Waals surface area contributed by atoms with Crippen molar-refractivity contribution in [3.8, 4) is 0 Å². The molecule has 0 atom stereocenters. The summed E-state index contributed by atoms with van der Waals surface area (Å²) in [5.74, 6) is 1.18. The number of fused-ring (bicyclic) bond motifs is 1. The molecule has 1 heterocycles. The van der Waals surface area contributed by atoms with E-state index >= 15 is 0 Å². The van der Waals surface area contributed by atoms with Crippen molar-refractivity contribution in [1.82, 2.24) is 14.9 Å². The quantitative estimate of drug-likeness (QED) is 0.924. The van der Waals surface area contributed by atoms with E-state index in [9.17, 15) is 0 Å². The number of benzene rings is 1. The number of aromatic nitrogens is 2. The number of imidazole rings is 1. The molecular formula is C16H22ClN3. The molecule has 1 saturated carbocycles. The molecule has 0 aliphatic heterocycles. The van der Waals surface area contributed by atoms with E-state index in [1.165, 1.54) is 24.2 Å². The highest BCUT2D eigenvalue weighted by atomic mass is 35.5. The standard InChI is InChI=1S/C16H22ClN3/c1-16(2,3)18-9-8-15-19-13-7-4-11(17)10-14(13)20(15)12-5-6-12/h4,7,10,12,18H,5-6,8-9H2,1-3H3. The Labute approximate surface area is 125 Å². The molecule has 0 saturated heterocycles. The lowest BCUT2D eigenvalue weighted by Crippen LogP contribution is -2.37. The van der Waals surface area contributed by atoms with Crippen LogP contribution in [0, 0.1) is 0 Å². The molecule has 1 aromatic carbocycles. The fourth-order valence-corrected chi connectivity index (χ4v) is 2.75. The Balaban J connectivity index is 1.88. The maximum Gasteiger partial charge on any atom is 0.111 e. The molecule has 1 N–H and O–H groups in total. The summed E-state index contributed by atoms with van der Waals surface area (Å²) >= 11 is 6.14. The van der Waals surface area contributed by atoms with Gasteiger partial charge in [0, 0.05) is 29.6 Å². The van der Waals surface area contributed by atoms with Crippen molar-refractivity contribution in [2.45, 2.75) is 51.6 Å². The van der Waals surface area contributed by atoms with E-state index in [1.54, 1.807) is 0 Å². The van der Waals surface area contributed by atoms with Crippen LogP contribution in [-0.4, -0.2) is 21.6 Å². The molecule has 0 bridgehead atoms. The van der Waals surface area contributed by atoms with Gasteiger partial charge in [0.25, 0.3) is 0 Å². The number of rotatable bonds is 4. The van der Waals surface area contributed by atoms with E-state index in [4.69, 9.17) is 16.6 Å². The van der Waals surface area contributed by atoms with E-state index in [0.717, 1.165) is 23.5 Å². The zero-order valence-electron chi connectivity index (χ0n) is 12.4. The van der Waals surface area contributed by atoms with E-state index < -0.39 is 0 Å². The molecule has 108 valence electrons. The van der Waals surface area contributed by atoms with Gasteiger partial charge in [-0.1, -0.05) is 11.6 Å². The number of hydrogen-bond acceptors (Lipinski definition) is 2. The smallest absolute Gasteiger partial charge is 0.111 e. The average Bonchev–Trinajstić information content (AvgIpc) is 3.10. The third-order valence-electron chi connectivity index (χ3n) is 3.64. The van der Waals surface area contributed by atoms with Crippen LogP contribution >= 0.6 is 11.6 Å². The summed E-state index contributed by atoms with van der Waals surface area (Å²) in [5.41, 5.74) is 2.40. The molecular weight excluding hydrogens is 270 g/mol. The highest BCUT2D eigenvalue weighted by Gasteiger charge is 2.28. The molecule has 0 spiro atoms. The second-order valence-electron chi connectivity index (χ2n) is 6.69. The van der Waals surface area contributed by atoms with Crippen LogP contribution in [0.25, 0.3) is 11.0 Å². The topological polar surface area (TPSA) is 29.9 Å². The van der Waals surface area contributed by atoms with Crippen molar-refractivity contribution in [3.63, 3.8) is 0 Å². The molecule has 4 heteroatoms. The third kappa shape index (κ3) is 2.99. The maximum atomic E-state index is 6.14. The molecule has 0 amide bonds. The zero-order chi connectivity index (χ0) is 14.3. The van der Waals surface area contributed by atoms with Crippen LogP contribution < -0.4 is 5.32 Å². The average molecular weight is 292 g/mol. The Morgan fingerprint density at radius 3 is 2.75 bits per heavy atom. The van der Waals surface area contributed by atoms with Crippen LogP contribution in [0.1, 0.15) is 45.5 Å². The number of nitrogens with one attached hydrogen (secondary N) is 1. The van der Waals surface area contributed by atoms with Crippen LogP contribution in [0.4, 0.5) is 0 Å². The first-order valence-electron chi connectivity index (χ1n) is 7.35. The number of hydrogen-bond donors (Lipinski definition) is 1. The van der Waals surface area contributed by atoms with Crippen molar-refractivity contribution in [3.05, 3.63) is 29.0 Å². The predicted octanol–water partition coefficient (Wildman–Crippen LogP) is 3.96. The monoisotopic (exact) mass is 291 g/mol. The predicted molar refractivity (Wildman–Crippen MR) is 84.5 cm³/mol. The number of halogens is 1. The summed E-state index contributed by atoms with van der Waals surface area (Å²) in [6, 6.07) is 6.62. The summed E-state index contributed by atoms with van der Waals surface area (Å²) in [6.07, 6.45) is 3.48. The summed E-state index contributed by atoms with van der Waals surface area (Å²) in [5, 5.41) is 4.32. The molecule has 20 heavy (non-hydrogen) atoms. The van der Waals surface area contributed by atoms with E-state index in [1.807, 2.05) is 18.2 Å². The van der Waals surface area contributed by atoms with Gasteiger partial charge in [-0.15, -0.1) is 0 Å². The lowest BCUT2D eigenvalue weighted by Gasteiger charge is -2.20. The Bertz CT molecular complexity index is 620. The second-order valence-corrected chi connectivity index (χ2v) is 7.13. The largest absolute Gasteiger partial charge is 0.325 e. The lowest BCUT2D eigenvalue weighted by atomic mass is 10.1. The summed E-state index contributed by atoms with van der Waals surface area (Å²) in [6.45, 7) is 7.52. The van der Waals surface area contributed by atoms with Crippen molar-refractivity contribution in [2.75, 3.05) is 6.54 Å². The van der Waals surface area contributed by atoms with Gasteiger partial charge in [-0.25, -0.2) is 4.98 Å². The van der Waals surface area contributed by atoms with E-state index in [0.29, 0.717) is 6.04 Å². The first-order valence-corrected chi connectivity index (χ1v) is 7.73. The summed E-state index contributed by atoms with van der Waals surface area (Å²) in [4.78, 5) is 4.80. The Hall–Kier alpha value is -1.06. The normalized spacial score (nSPS) is 16.0. The summed E-state index contributed by atoms with van der Waals surface area (Å²) < 4.78 is 2.39. The Morgan fingerprint density at radius 1 is 1.35 bits per heavy atom. The van der Waals surface area contributed by atoms with Gasteiger partial charge in [-0.2, -0.15) is 0 Å².